The van der Waals surface area contributed by atoms with Crippen LogP contribution in [0.2, 0.25) is 0 Å². The van der Waals surface area contributed by atoms with Crippen LogP contribution in [0.3, 0.4) is 0 Å². The minimum atomic E-state index is 0.423. The van der Waals surface area contributed by atoms with Gasteiger partial charge in [0.1, 0.15) is 0 Å². The van der Waals surface area contributed by atoms with Gasteiger partial charge in [0.2, 0.25) is 0 Å². The van der Waals surface area contributed by atoms with Gasteiger partial charge in [-0.15, -0.1) is 0 Å². The highest BCUT2D eigenvalue weighted by Crippen LogP contribution is 2.30. The van der Waals surface area contributed by atoms with E-state index in [4.69, 9.17) is 0 Å². The number of fused-ring (bicyclic) bond motifs is 1. The molecule has 1 aliphatic heterocycles. The first-order valence-corrected chi connectivity index (χ1v) is 5.57. The molecule has 0 amide bonds. The van der Waals surface area contributed by atoms with Gasteiger partial charge in [-0.3, -0.25) is 0 Å². The van der Waals surface area contributed by atoms with Crippen LogP contribution in [0.4, 0.5) is 0 Å². The molecule has 0 saturated heterocycles. The van der Waals surface area contributed by atoms with E-state index < -0.39 is 0 Å². The van der Waals surface area contributed by atoms with Gasteiger partial charge in [-0.2, -0.15) is 4.57 Å². The zero-order valence-electron chi connectivity index (χ0n) is 7.95. The minimum absolute atomic E-state index is 0.423. The summed E-state index contributed by atoms with van der Waals surface area (Å²) in [6, 6.07) is 3.83. The van der Waals surface area contributed by atoms with Crippen LogP contribution in [-0.4, -0.2) is 10.9 Å². The van der Waals surface area contributed by atoms with Crippen molar-refractivity contribution in [2.75, 3.05) is 5.75 Å². The van der Waals surface area contributed by atoms with Crippen LogP contribution in [0.25, 0.3) is 0 Å². The lowest BCUT2D eigenvalue weighted by molar-refractivity contribution is -0.731. The lowest BCUT2D eigenvalue weighted by Crippen LogP contribution is -2.38. The number of aromatic nitrogens is 1. The van der Waals surface area contributed by atoms with Gasteiger partial charge in [-0.25, -0.2) is 0 Å². The SMILES string of the molecule is CC(C)c1ccc(O)c2[n+]1CCS2. The normalized spacial score (nSPS) is 15.0. The summed E-state index contributed by atoms with van der Waals surface area (Å²) in [7, 11) is 0. The third kappa shape index (κ3) is 1.41. The minimum Gasteiger partial charge on any atom is -0.502 e. The fourth-order valence-corrected chi connectivity index (χ4v) is 2.74. The molecule has 0 unspecified atom stereocenters. The van der Waals surface area contributed by atoms with Crippen molar-refractivity contribution in [2.24, 2.45) is 0 Å². The molecule has 2 heterocycles. The van der Waals surface area contributed by atoms with Gasteiger partial charge < -0.3 is 5.11 Å². The Morgan fingerprint density at radius 3 is 2.92 bits per heavy atom. The summed E-state index contributed by atoms with van der Waals surface area (Å²) in [5.41, 5.74) is 1.32. The van der Waals surface area contributed by atoms with E-state index >= 15 is 0 Å². The number of hydrogen-bond acceptors (Lipinski definition) is 2. The molecule has 1 aromatic heterocycles. The summed E-state index contributed by atoms with van der Waals surface area (Å²) >= 11 is 1.74. The van der Waals surface area contributed by atoms with Crippen molar-refractivity contribution in [3.8, 4) is 5.75 Å². The van der Waals surface area contributed by atoms with Gasteiger partial charge in [-0.05, 0) is 17.8 Å². The van der Waals surface area contributed by atoms with Crippen LogP contribution in [0.5, 0.6) is 5.75 Å². The second-order valence-corrected chi connectivity index (χ2v) is 4.69. The first-order valence-electron chi connectivity index (χ1n) is 4.58. The molecule has 0 aromatic carbocycles. The maximum absolute atomic E-state index is 9.60. The Morgan fingerprint density at radius 1 is 1.46 bits per heavy atom. The molecule has 0 spiro atoms. The molecule has 0 fully saturated rings. The Bertz CT molecular complexity index is 336. The fraction of sp³-hybridized carbons (Fsp3) is 0.500. The van der Waals surface area contributed by atoms with Gasteiger partial charge in [-0.1, -0.05) is 13.8 Å². The molecular formula is C10H14NOS+. The van der Waals surface area contributed by atoms with Crippen LogP contribution < -0.4 is 4.57 Å². The molecule has 1 aromatic rings. The van der Waals surface area contributed by atoms with Gasteiger partial charge in [0.05, 0.1) is 5.75 Å². The number of hydrogen-bond donors (Lipinski definition) is 1. The highest BCUT2D eigenvalue weighted by Gasteiger charge is 2.28. The zero-order chi connectivity index (χ0) is 9.42. The van der Waals surface area contributed by atoms with E-state index in [0.717, 1.165) is 17.3 Å². The van der Waals surface area contributed by atoms with Crippen LogP contribution in [0, 0.1) is 0 Å². The Hall–Kier alpha value is -0.700. The molecular weight excluding hydrogens is 182 g/mol. The van der Waals surface area contributed by atoms with Crippen molar-refractivity contribution >= 4 is 11.8 Å². The second kappa shape index (κ2) is 3.22. The van der Waals surface area contributed by atoms with Gasteiger partial charge in [0.25, 0.3) is 5.03 Å². The Kier molecular flexibility index (Phi) is 2.20. The standard InChI is InChI=1S/C10H13NOS/c1-7(2)8-3-4-9(12)10-11(8)5-6-13-10/h3-4,7H,5-6H2,1-2H3/p+1. The monoisotopic (exact) mass is 196 g/mol. The van der Waals surface area contributed by atoms with Gasteiger partial charge in [0.15, 0.2) is 18.0 Å². The molecule has 1 N–H and O–H groups in total. The molecule has 0 atom stereocenters. The lowest BCUT2D eigenvalue weighted by Gasteiger charge is -2.04. The van der Waals surface area contributed by atoms with Crippen molar-refractivity contribution in [2.45, 2.75) is 31.3 Å². The maximum Gasteiger partial charge on any atom is 0.282 e. The second-order valence-electron chi connectivity index (χ2n) is 3.60. The van der Waals surface area contributed by atoms with E-state index in [9.17, 15) is 5.11 Å². The summed E-state index contributed by atoms with van der Waals surface area (Å²) < 4.78 is 2.23. The van der Waals surface area contributed by atoms with E-state index in [1.54, 1.807) is 17.8 Å². The van der Waals surface area contributed by atoms with Gasteiger partial charge >= 0.3 is 0 Å². The van der Waals surface area contributed by atoms with Crippen molar-refractivity contribution in [1.82, 2.24) is 0 Å². The Labute approximate surface area is 82.6 Å². The van der Waals surface area contributed by atoms with E-state index in [2.05, 4.69) is 18.4 Å². The topological polar surface area (TPSA) is 24.1 Å². The third-order valence-electron chi connectivity index (χ3n) is 2.33. The van der Waals surface area contributed by atoms with E-state index in [0.29, 0.717) is 11.7 Å². The van der Waals surface area contributed by atoms with Gasteiger partial charge in [0, 0.05) is 12.0 Å². The summed E-state index contributed by atoms with van der Waals surface area (Å²) in [6.45, 7) is 5.40. The highest BCUT2D eigenvalue weighted by molar-refractivity contribution is 7.99. The van der Waals surface area contributed by atoms with E-state index in [1.807, 2.05) is 6.07 Å². The molecule has 3 heteroatoms. The average molecular weight is 196 g/mol. The van der Waals surface area contributed by atoms with E-state index in [1.165, 1.54) is 5.69 Å². The average Bonchev–Trinajstić information content (AvgIpc) is 2.53. The van der Waals surface area contributed by atoms with Crippen LogP contribution >= 0.6 is 11.8 Å². The predicted molar refractivity (Wildman–Crippen MR) is 53.1 cm³/mol. The largest absolute Gasteiger partial charge is 0.502 e. The Balaban J connectivity index is 2.56. The number of pyridine rings is 1. The molecule has 0 radical (unpaired) electrons. The molecule has 70 valence electrons. The lowest BCUT2D eigenvalue weighted by atomic mass is 10.1. The molecule has 13 heavy (non-hydrogen) atoms. The first-order chi connectivity index (χ1) is 6.20. The van der Waals surface area contributed by atoms with Crippen molar-refractivity contribution in [1.29, 1.82) is 0 Å². The summed E-state index contributed by atoms with van der Waals surface area (Å²) in [5, 5.41) is 10.6. The number of rotatable bonds is 1. The van der Waals surface area contributed by atoms with Crippen LogP contribution in [-0.2, 0) is 6.54 Å². The van der Waals surface area contributed by atoms with Crippen molar-refractivity contribution in [3.05, 3.63) is 17.8 Å². The quantitative estimate of drug-likeness (QED) is 0.694. The molecule has 0 aliphatic carbocycles. The fourth-order valence-electron chi connectivity index (χ4n) is 1.70. The number of nitrogens with zero attached hydrogens (tertiary/aromatic N) is 1. The molecule has 0 bridgehead atoms. The smallest absolute Gasteiger partial charge is 0.282 e. The molecule has 0 saturated carbocycles. The van der Waals surface area contributed by atoms with Crippen molar-refractivity contribution < 1.29 is 9.67 Å². The first kappa shape index (κ1) is 8.88. The molecule has 2 nitrogen and oxygen atoms in total. The van der Waals surface area contributed by atoms with Crippen molar-refractivity contribution in [3.63, 3.8) is 0 Å². The number of aromatic hydroxyl groups is 1. The molecule has 2 rings (SSSR count). The van der Waals surface area contributed by atoms with Crippen LogP contribution in [0.15, 0.2) is 17.2 Å². The summed E-state index contributed by atoms with van der Waals surface area (Å²) in [5.74, 6) is 2.03. The number of thioether (sulfide) groups is 1. The maximum atomic E-state index is 9.60. The third-order valence-corrected chi connectivity index (χ3v) is 3.42. The molecule has 1 aliphatic rings. The van der Waals surface area contributed by atoms with Crippen LogP contribution in [0.1, 0.15) is 25.5 Å². The Morgan fingerprint density at radius 2 is 2.23 bits per heavy atom. The summed E-state index contributed by atoms with van der Waals surface area (Å²) in [6.07, 6.45) is 0. The predicted octanol–water partition coefficient (Wildman–Crippen LogP) is 1.91. The summed E-state index contributed by atoms with van der Waals surface area (Å²) in [4.78, 5) is 0. The zero-order valence-corrected chi connectivity index (χ0v) is 8.77. The highest BCUT2D eigenvalue weighted by atomic mass is 32.2. The van der Waals surface area contributed by atoms with E-state index in [-0.39, 0.29) is 0 Å².